The van der Waals surface area contributed by atoms with Gasteiger partial charge in [-0.25, -0.2) is 13.1 Å². The molecule has 5 heteroatoms. The number of aliphatic hydroxyl groups excluding tert-OH is 1. The molecule has 1 fully saturated rings. The molecule has 0 aromatic heterocycles. The van der Waals surface area contributed by atoms with Gasteiger partial charge in [-0.1, -0.05) is 0 Å². The quantitative estimate of drug-likeness (QED) is 0.652. The topological polar surface area (TPSA) is 66.4 Å². The molecule has 0 radical (unpaired) electrons. The summed E-state index contributed by atoms with van der Waals surface area (Å²) < 4.78 is 25.2. The molecule has 72 valence electrons. The summed E-state index contributed by atoms with van der Waals surface area (Å²) in [6, 6.07) is 0. The minimum atomic E-state index is -3.17. The lowest BCUT2D eigenvalue weighted by Crippen LogP contribution is -2.47. The summed E-state index contributed by atoms with van der Waals surface area (Å²) in [6.07, 6.45) is 1.49. The van der Waals surface area contributed by atoms with E-state index < -0.39 is 15.6 Å². The summed E-state index contributed by atoms with van der Waals surface area (Å²) in [7, 11) is -3.17. The number of sulfonamides is 1. The molecule has 0 atom stereocenters. The molecule has 0 heterocycles. The molecule has 1 saturated carbocycles. The van der Waals surface area contributed by atoms with E-state index >= 15 is 0 Å². The van der Waals surface area contributed by atoms with Crippen molar-refractivity contribution >= 4 is 10.0 Å². The average molecular weight is 193 g/mol. The predicted molar refractivity (Wildman–Crippen MR) is 46.2 cm³/mol. The van der Waals surface area contributed by atoms with Gasteiger partial charge in [0.05, 0.1) is 17.4 Å². The third-order valence-corrected chi connectivity index (χ3v) is 3.96. The molecule has 1 rings (SSSR count). The highest BCUT2D eigenvalue weighted by Gasteiger charge is 2.38. The summed E-state index contributed by atoms with van der Waals surface area (Å²) in [5.74, 6) is 0. The molecule has 0 saturated heterocycles. The molecular formula is C7H15NO3S. The Bertz CT molecular complexity index is 254. The van der Waals surface area contributed by atoms with Gasteiger partial charge < -0.3 is 5.11 Å². The zero-order chi connectivity index (χ0) is 9.41. The average Bonchev–Trinajstić information content (AvgIpc) is 2.65. The molecular weight excluding hydrogens is 178 g/mol. The smallest absolute Gasteiger partial charge is 0.215 e. The highest BCUT2D eigenvalue weighted by molar-refractivity contribution is 7.90. The van der Waals surface area contributed by atoms with E-state index in [1.807, 2.05) is 0 Å². The highest BCUT2D eigenvalue weighted by atomic mass is 32.2. The third-order valence-electron chi connectivity index (χ3n) is 1.78. The van der Waals surface area contributed by atoms with Gasteiger partial charge in [0.2, 0.25) is 10.0 Å². The van der Waals surface area contributed by atoms with Gasteiger partial charge in [-0.3, -0.25) is 0 Å². The lowest BCUT2D eigenvalue weighted by Gasteiger charge is -2.22. The number of hydrogen-bond acceptors (Lipinski definition) is 3. The van der Waals surface area contributed by atoms with Gasteiger partial charge in [0.1, 0.15) is 0 Å². The predicted octanol–water partition coefficient (Wildman–Crippen LogP) is -0.161. The van der Waals surface area contributed by atoms with Crippen LogP contribution in [0.4, 0.5) is 0 Å². The molecule has 0 aliphatic heterocycles. The largest absolute Gasteiger partial charge is 0.394 e. The summed E-state index contributed by atoms with van der Waals surface area (Å²) in [6.45, 7) is 3.14. The first-order valence-electron chi connectivity index (χ1n) is 4.01. The van der Waals surface area contributed by atoms with Crippen LogP contribution in [0.25, 0.3) is 0 Å². The Hall–Kier alpha value is -0.130. The van der Waals surface area contributed by atoms with E-state index in [0.29, 0.717) is 0 Å². The normalized spacial score (nSPS) is 19.6. The molecule has 0 amide bonds. The fraction of sp³-hybridized carbons (Fsp3) is 1.00. The van der Waals surface area contributed by atoms with Crippen LogP contribution in [-0.2, 0) is 10.0 Å². The maximum absolute atomic E-state index is 11.3. The van der Waals surface area contributed by atoms with Crippen LogP contribution in [0.1, 0.15) is 26.7 Å². The van der Waals surface area contributed by atoms with E-state index in [1.54, 1.807) is 13.8 Å². The molecule has 0 aromatic rings. The van der Waals surface area contributed by atoms with Crippen molar-refractivity contribution in [2.45, 2.75) is 37.5 Å². The lowest BCUT2D eigenvalue weighted by molar-refractivity contribution is 0.208. The van der Waals surface area contributed by atoms with Crippen LogP contribution in [0.15, 0.2) is 0 Å². The first-order valence-corrected chi connectivity index (χ1v) is 5.56. The van der Waals surface area contributed by atoms with Gasteiger partial charge in [-0.2, -0.15) is 0 Å². The van der Waals surface area contributed by atoms with Crippen LogP contribution in [0.2, 0.25) is 0 Å². The molecule has 1 aliphatic rings. The van der Waals surface area contributed by atoms with Crippen molar-refractivity contribution in [2.75, 3.05) is 6.61 Å². The van der Waals surface area contributed by atoms with Crippen LogP contribution in [0.3, 0.4) is 0 Å². The zero-order valence-electron chi connectivity index (χ0n) is 7.37. The molecule has 0 spiro atoms. The van der Waals surface area contributed by atoms with E-state index in [1.165, 1.54) is 0 Å². The van der Waals surface area contributed by atoms with E-state index in [9.17, 15) is 8.42 Å². The van der Waals surface area contributed by atoms with Crippen LogP contribution < -0.4 is 4.72 Å². The first kappa shape index (κ1) is 9.95. The van der Waals surface area contributed by atoms with Crippen LogP contribution in [0.5, 0.6) is 0 Å². The molecule has 1 aliphatic carbocycles. The van der Waals surface area contributed by atoms with Crippen molar-refractivity contribution in [1.82, 2.24) is 4.72 Å². The van der Waals surface area contributed by atoms with Crippen molar-refractivity contribution in [3.63, 3.8) is 0 Å². The zero-order valence-corrected chi connectivity index (χ0v) is 8.19. The van der Waals surface area contributed by atoms with Gasteiger partial charge in [0, 0.05) is 0 Å². The fourth-order valence-corrected chi connectivity index (χ4v) is 2.64. The molecule has 0 bridgehead atoms. The Morgan fingerprint density at radius 1 is 1.50 bits per heavy atom. The van der Waals surface area contributed by atoms with Crippen molar-refractivity contribution in [3.8, 4) is 0 Å². The van der Waals surface area contributed by atoms with Gasteiger partial charge in [0.15, 0.2) is 0 Å². The van der Waals surface area contributed by atoms with Crippen LogP contribution >= 0.6 is 0 Å². The Morgan fingerprint density at radius 2 is 2.00 bits per heavy atom. The summed E-state index contributed by atoms with van der Waals surface area (Å²) in [4.78, 5) is 0. The highest BCUT2D eigenvalue weighted by Crippen LogP contribution is 2.28. The van der Waals surface area contributed by atoms with Crippen molar-refractivity contribution < 1.29 is 13.5 Å². The molecule has 12 heavy (non-hydrogen) atoms. The monoisotopic (exact) mass is 193 g/mol. The Morgan fingerprint density at radius 3 is 2.33 bits per heavy atom. The van der Waals surface area contributed by atoms with Gasteiger partial charge >= 0.3 is 0 Å². The maximum atomic E-state index is 11.3. The molecule has 0 unspecified atom stereocenters. The summed E-state index contributed by atoms with van der Waals surface area (Å²) >= 11 is 0. The minimum absolute atomic E-state index is 0.182. The number of rotatable bonds is 4. The van der Waals surface area contributed by atoms with Gasteiger partial charge in [-0.05, 0) is 26.7 Å². The van der Waals surface area contributed by atoms with E-state index in [-0.39, 0.29) is 11.9 Å². The SMILES string of the molecule is CC(C)(CO)NS(=O)(=O)C1CC1. The van der Waals surface area contributed by atoms with Crippen molar-refractivity contribution in [3.05, 3.63) is 0 Å². The number of aliphatic hydroxyl groups is 1. The van der Waals surface area contributed by atoms with Crippen molar-refractivity contribution in [2.24, 2.45) is 0 Å². The van der Waals surface area contributed by atoms with Crippen LogP contribution in [-0.4, -0.2) is 30.9 Å². The first-order chi connectivity index (χ1) is 5.37. The van der Waals surface area contributed by atoms with Gasteiger partial charge in [-0.15, -0.1) is 0 Å². The molecule has 4 nitrogen and oxygen atoms in total. The van der Waals surface area contributed by atoms with Crippen LogP contribution in [0, 0.1) is 0 Å². The summed E-state index contributed by atoms with van der Waals surface area (Å²) in [5, 5.41) is 8.61. The Kier molecular flexibility index (Phi) is 2.47. The fourth-order valence-electron chi connectivity index (χ4n) is 0.879. The number of hydrogen-bond donors (Lipinski definition) is 2. The van der Waals surface area contributed by atoms with Gasteiger partial charge in [0.25, 0.3) is 0 Å². The Labute approximate surface area is 73.0 Å². The third kappa shape index (κ3) is 2.43. The standard InChI is InChI=1S/C7H15NO3S/c1-7(2,5-9)8-12(10,11)6-3-4-6/h6,8-9H,3-5H2,1-2H3. The van der Waals surface area contributed by atoms with E-state index in [4.69, 9.17) is 5.11 Å². The van der Waals surface area contributed by atoms with Crippen molar-refractivity contribution in [1.29, 1.82) is 0 Å². The Balaban J connectivity index is 2.60. The van der Waals surface area contributed by atoms with E-state index in [2.05, 4.69) is 4.72 Å². The molecule has 2 N–H and O–H groups in total. The lowest BCUT2D eigenvalue weighted by atomic mass is 10.1. The second kappa shape index (κ2) is 2.97. The van der Waals surface area contributed by atoms with E-state index in [0.717, 1.165) is 12.8 Å². The second-order valence-electron chi connectivity index (χ2n) is 3.89. The maximum Gasteiger partial charge on any atom is 0.215 e. The summed E-state index contributed by atoms with van der Waals surface area (Å²) in [5.41, 5.74) is -0.735. The second-order valence-corrected chi connectivity index (χ2v) is 5.85. The molecule has 0 aromatic carbocycles. The number of nitrogens with one attached hydrogen (secondary N) is 1. The minimum Gasteiger partial charge on any atom is -0.394 e.